The summed E-state index contributed by atoms with van der Waals surface area (Å²) in [7, 11) is 1.74. The van der Waals surface area contributed by atoms with Crippen molar-refractivity contribution in [2.75, 3.05) is 7.05 Å². The molecule has 1 saturated heterocycles. The minimum atomic E-state index is -0.859. The zero-order chi connectivity index (χ0) is 16.0. The first-order valence-corrected chi connectivity index (χ1v) is 6.84. The van der Waals surface area contributed by atoms with Crippen molar-refractivity contribution in [3.63, 3.8) is 0 Å². The molecule has 2 aliphatic rings. The van der Waals surface area contributed by atoms with Crippen LogP contribution in [-0.2, 0) is 4.79 Å². The summed E-state index contributed by atoms with van der Waals surface area (Å²) in [6.45, 7) is 3.74. The number of benzene rings is 1. The number of nitrogens with zero attached hydrogens (tertiary/aromatic N) is 2. The molecule has 0 spiro atoms. The van der Waals surface area contributed by atoms with Gasteiger partial charge in [0.1, 0.15) is 19.8 Å². The van der Waals surface area contributed by atoms with Crippen LogP contribution >= 0.6 is 0 Å². The molecule has 7 nitrogen and oxygen atoms in total. The van der Waals surface area contributed by atoms with E-state index in [0.29, 0.717) is 17.7 Å². The molecule has 0 aromatic heterocycles. The van der Waals surface area contributed by atoms with Gasteiger partial charge in [0, 0.05) is 18.6 Å². The highest BCUT2D eigenvalue weighted by Crippen LogP contribution is 2.29. The highest BCUT2D eigenvalue weighted by atomic mass is 16.2. The van der Waals surface area contributed by atoms with Crippen LogP contribution in [0.5, 0.6) is 0 Å². The zero-order valence-electron chi connectivity index (χ0n) is 12.0. The van der Waals surface area contributed by atoms with Gasteiger partial charge in [-0.05, 0) is 12.5 Å². The maximum atomic E-state index is 12.5. The van der Waals surface area contributed by atoms with E-state index in [2.05, 4.69) is 12.0 Å². The number of carbonyl (C=O) groups excluding carboxylic acids is 3. The zero-order valence-corrected chi connectivity index (χ0v) is 12.0. The fourth-order valence-electron chi connectivity index (χ4n) is 2.72. The molecule has 0 saturated carbocycles. The molecule has 112 valence electrons. The van der Waals surface area contributed by atoms with Crippen molar-refractivity contribution >= 4 is 36.0 Å². The normalized spacial score (nSPS) is 21.0. The Hall–Kier alpha value is -2.83. The molecule has 1 atom stereocenters. The van der Waals surface area contributed by atoms with E-state index in [4.69, 9.17) is 5.41 Å². The lowest BCUT2D eigenvalue weighted by Crippen LogP contribution is -2.54. The second-order valence-corrected chi connectivity index (χ2v) is 5.43. The number of imide groups is 1. The summed E-state index contributed by atoms with van der Waals surface area (Å²) in [5, 5.41) is 9.84. The number of piperidine rings is 1. The third kappa shape index (κ3) is 2.02. The molecule has 2 aliphatic heterocycles. The van der Waals surface area contributed by atoms with Crippen LogP contribution in [0.25, 0.3) is 0 Å². The average Bonchev–Trinajstić information content (AvgIpc) is 2.71. The van der Waals surface area contributed by atoms with Crippen LogP contribution < -0.4 is 5.32 Å². The van der Waals surface area contributed by atoms with Crippen molar-refractivity contribution < 1.29 is 19.0 Å². The fourth-order valence-corrected chi connectivity index (χ4v) is 2.72. The summed E-state index contributed by atoms with van der Waals surface area (Å²) in [5.74, 6) is -1.32. The van der Waals surface area contributed by atoms with Gasteiger partial charge in [0.2, 0.25) is 11.6 Å². The molecule has 2 heterocycles. The highest BCUT2D eigenvalue weighted by Gasteiger charge is 2.44. The number of nitrogens with one attached hydrogen (secondary N) is 2. The van der Waals surface area contributed by atoms with Crippen LogP contribution in [0.1, 0.15) is 33.6 Å². The van der Waals surface area contributed by atoms with E-state index in [1.165, 1.54) is 0 Å². The molecular formula is C15H15N4O3+. The van der Waals surface area contributed by atoms with Gasteiger partial charge in [0.25, 0.3) is 11.8 Å². The van der Waals surface area contributed by atoms with E-state index < -0.39 is 23.8 Å². The Bertz CT molecular complexity index is 753. The van der Waals surface area contributed by atoms with Crippen molar-refractivity contribution in [1.82, 2.24) is 10.2 Å². The van der Waals surface area contributed by atoms with Crippen LogP contribution in [0.15, 0.2) is 18.2 Å². The molecule has 1 aromatic rings. The van der Waals surface area contributed by atoms with E-state index in [1.54, 1.807) is 29.8 Å². The van der Waals surface area contributed by atoms with Gasteiger partial charge in [-0.3, -0.25) is 24.7 Å². The maximum Gasteiger partial charge on any atom is 0.262 e. The Labute approximate surface area is 126 Å². The van der Waals surface area contributed by atoms with E-state index in [1.807, 2.05) is 0 Å². The first kappa shape index (κ1) is 14.1. The summed E-state index contributed by atoms with van der Waals surface area (Å²) in [6.07, 6.45) is 0.606. The molecule has 0 radical (unpaired) electrons. The standard InChI is InChI=1S/C15H14N4O3/c1-18(2)8-3-4-9-10(7-8)15(22)19(14(9)21)11-5-6-12(16)17-13(11)20/h3-4,7,11H,1,5-6H2,2H3,(H-,16,17,20)/p+1. The first-order valence-electron chi connectivity index (χ1n) is 6.84. The second-order valence-electron chi connectivity index (χ2n) is 5.43. The van der Waals surface area contributed by atoms with Crippen LogP contribution in [0.3, 0.4) is 0 Å². The highest BCUT2D eigenvalue weighted by molar-refractivity contribution is 6.23. The molecule has 1 aromatic carbocycles. The summed E-state index contributed by atoms with van der Waals surface area (Å²) in [5.41, 5.74) is 1.28. The molecule has 3 rings (SSSR count). The van der Waals surface area contributed by atoms with Crippen LogP contribution in [0.2, 0.25) is 0 Å². The van der Waals surface area contributed by atoms with Crippen molar-refractivity contribution in [3.8, 4) is 0 Å². The molecule has 0 aliphatic carbocycles. The van der Waals surface area contributed by atoms with Gasteiger partial charge >= 0.3 is 0 Å². The summed E-state index contributed by atoms with van der Waals surface area (Å²) >= 11 is 0. The average molecular weight is 299 g/mol. The molecule has 0 bridgehead atoms. The molecular weight excluding hydrogens is 284 g/mol. The molecule has 3 amide bonds. The third-order valence-corrected chi connectivity index (χ3v) is 3.90. The lowest BCUT2D eigenvalue weighted by atomic mass is 10.0. The second kappa shape index (κ2) is 4.87. The Balaban J connectivity index is 1.98. The van der Waals surface area contributed by atoms with Gasteiger partial charge in [-0.2, -0.15) is 0 Å². The number of rotatable bonds is 2. The van der Waals surface area contributed by atoms with Crippen molar-refractivity contribution in [3.05, 3.63) is 29.3 Å². The monoisotopic (exact) mass is 299 g/mol. The molecule has 22 heavy (non-hydrogen) atoms. The van der Waals surface area contributed by atoms with E-state index in [-0.39, 0.29) is 17.8 Å². The van der Waals surface area contributed by atoms with Gasteiger partial charge in [-0.1, -0.05) is 0 Å². The summed E-state index contributed by atoms with van der Waals surface area (Å²) in [6, 6.07) is 4.03. The topological polar surface area (TPSA) is 93.3 Å². The fraction of sp³-hybridized carbons (Fsp3) is 0.267. The van der Waals surface area contributed by atoms with Gasteiger partial charge < -0.3 is 5.32 Å². The van der Waals surface area contributed by atoms with Crippen molar-refractivity contribution in [2.24, 2.45) is 0 Å². The Morgan fingerprint density at radius 1 is 1.27 bits per heavy atom. The Morgan fingerprint density at radius 3 is 2.59 bits per heavy atom. The number of carbonyl (C=O) groups is 3. The molecule has 1 fully saturated rings. The number of amides is 3. The minimum absolute atomic E-state index is 0.110. The van der Waals surface area contributed by atoms with Crippen LogP contribution in [-0.4, -0.2) is 52.8 Å². The van der Waals surface area contributed by atoms with Crippen LogP contribution in [0.4, 0.5) is 5.69 Å². The molecule has 1 unspecified atom stereocenters. The SMILES string of the molecule is C=[N+](C)c1ccc2c(c1)C(=O)N(C1CCC(=N)NC1=O)C2=O. The van der Waals surface area contributed by atoms with Crippen molar-refractivity contribution in [2.45, 2.75) is 18.9 Å². The van der Waals surface area contributed by atoms with Gasteiger partial charge in [0.15, 0.2) is 0 Å². The van der Waals surface area contributed by atoms with E-state index in [9.17, 15) is 14.4 Å². The number of amidine groups is 1. The Morgan fingerprint density at radius 2 is 1.95 bits per heavy atom. The molecule has 2 N–H and O–H groups in total. The third-order valence-electron chi connectivity index (χ3n) is 3.90. The quantitative estimate of drug-likeness (QED) is 0.473. The van der Waals surface area contributed by atoms with Gasteiger partial charge in [0.05, 0.1) is 17.0 Å². The number of hydrogen-bond acceptors (Lipinski definition) is 4. The predicted molar refractivity (Wildman–Crippen MR) is 78.8 cm³/mol. The van der Waals surface area contributed by atoms with Gasteiger partial charge in [-0.25, -0.2) is 4.58 Å². The first-order chi connectivity index (χ1) is 10.4. The predicted octanol–water partition coefficient (Wildman–Crippen LogP) is 0.513. The lowest BCUT2D eigenvalue weighted by Gasteiger charge is -2.28. The van der Waals surface area contributed by atoms with Crippen LogP contribution in [0, 0.1) is 5.41 Å². The van der Waals surface area contributed by atoms with E-state index >= 15 is 0 Å². The Kier molecular flexibility index (Phi) is 3.13. The molecule has 7 heteroatoms. The van der Waals surface area contributed by atoms with E-state index in [0.717, 1.165) is 4.90 Å². The lowest BCUT2D eigenvalue weighted by molar-refractivity contribution is -0.394. The number of fused-ring (bicyclic) bond motifs is 1. The minimum Gasteiger partial charge on any atom is -0.313 e. The smallest absolute Gasteiger partial charge is 0.262 e. The summed E-state index contributed by atoms with van der Waals surface area (Å²) in [4.78, 5) is 38.0. The van der Waals surface area contributed by atoms with Crippen molar-refractivity contribution in [1.29, 1.82) is 5.41 Å². The number of hydrogen-bond donors (Lipinski definition) is 2. The summed E-state index contributed by atoms with van der Waals surface area (Å²) < 4.78 is 1.59. The largest absolute Gasteiger partial charge is 0.313 e. The van der Waals surface area contributed by atoms with Gasteiger partial charge in [-0.15, -0.1) is 0 Å². The maximum absolute atomic E-state index is 12.5.